The Kier molecular flexibility index (Phi) is 3.47. The minimum atomic E-state index is -0.949. The largest absolute Gasteiger partial charge is 0.479 e. The molecule has 0 saturated carbocycles. The first-order valence-electron chi connectivity index (χ1n) is 6.95. The third-order valence-electron chi connectivity index (χ3n) is 3.95. The maximum atomic E-state index is 10.9. The molecule has 0 bridgehead atoms. The van der Waals surface area contributed by atoms with Gasteiger partial charge in [0.1, 0.15) is 11.7 Å². The van der Waals surface area contributed by atoms with Crippen molar-refractivity contribution in [3.05, 3.63) is 11.7 Å². The predicted molar refractivity (Wildman–Crippen MR) is 65.9 cm³/mol. The number of carboxylic acid groups (broad SMARTS) is 1. The third-order valence-corrected chi connectivity index (χ3v) is 3.95. The second-order valence-corrected chi connectivity index (χ2v) is 5.52. The van der Waals surface area contributed by atoms with Gasteiger partial charge in [-0.1, -0.05) is 5.16 Å². The predicted octanol–water partition coefficient (Wildman–Crippen LogP) is 1.79. The molecule has 3 rings (SSSR count). The summed E-state index contributed by atoms with van der Waals surface area (Å²) in [5, 5.41) is 12.9. The lowest BCUT2D eigenvalue weighted by atomic mass is 9.95. The van der Waals surface area contributed by atoms with Gasteiger partial charge in [0.2, 0.25) is 5.82 Å². The van der Waals surface area contributed by atoms with Gasteiger partial charge in [0, 0.05) is 6.61 Å². The maximum absolute atomic E-state index is 10.9. The Morgan fingerprint density at radius 1 is 1.40 bits per heavy atom. The van der Waals surface area contributed by atoms with Crippen molar-refractivity contribution in [3.8, 4) is 0 Å². The molecule has 1 N–H and O–H groups in total. The number of hydrogen-bond acceptors (Lipinski definition) is 6. The molecule has 0 aliphatic carbocycles. The number of carboxylic acids is 1. The fourth-order valence-electron chi connectivity index (χ4n) is 2.69. The number of carbonyl (C=O) groups is 1. The van der Waals surface area contributed by atoms with Crippen LogP contribution in [0.1, 0.15) is 56.8 Å². The van der Waals surface area contributed by atoms with Gasteiger partial charge in [0.25, 0.3) is 5.89 Å². The number of nitrogens with zero attached hydrogens (tertiary/aromatic N) is 2. The first kappa shape index (κ1) is 13.5. The van der Waals surface area contributed by atoms with Crippen LogP contribution in [-0.2, 0) is 19.9 Å². The van der Waals surface area contributed by atoms with Gasteiger partial charge in [-0.3, -0.25) is 0 Å². The van der Waals surface area contributed by atoms with Crippen molar-refractivity contribution < 1.29 is 23.9 Å². The molecule has 0 aromatic carbocycles. The fourth-order valence-corrected chi connectivity index (χ4v) is 2.69. The van der Waals surface area contributed by atoms with Crippen LogP contribution in [0.15, 0.2) is 4.52 Å². The highest BCUT2D eigenvalue weighted by Crippen LogP contribution is 2.36. The minimum absolute atomic E-state index is 0.346. The van der Waals surface area contributed by atoms with Gasteiger partial charge in [0.05, 0.1) is 0 Å². The number of ether oxygens (including phenoxy) is 2. The highest BCUT2D eigenvalue weighted by atomic mass is 16.6. The molecule has 0 amide bonds. The van der Waals surface area contributed by atoms with Crippen LogP contribution in [0.2, 0.25) is 0 Å². The maximum Gasteiger partial charge on any atom is 0.332 e. The topological polar surface area (TPSA) is 94.7 Å². The first-order chi connectivity index (χ1) is 9.58. The second-order valence-electron chi connectivity index (χ2n) is 5.52. The molecule has 2 aliphatic heterocycles. The van der Waals surface area contributed by atoms with E-state index in [-0.39, 0.29) is 0 Å². The van der Waals surface area contributed by atoms with Crippen molar-refractivity contribution in [1.29, 1.82) is 0 Å². The molecule has 2 saturated heterocycles. The van der Waals surface area contributed by atoms with E-state index in [2.05, 4.69) is 10.1 Å². The van der Waals surface area contributed by atoms with E-state index in [0.29, 0.717) is 31.2 Å². The fraction of sp³-hybridized carbons (Fsp3) is 0.769. The van der Waals surface area contributed by atoms with E-state index in [1.165, 1.54) is 0 Å². The Hall–Kier alpha value is -1.47. The van der Waals surface area contributed by atoms with Gasteiger partial charge < -0.3 is 19.1 Å². The molecule has 3 unspecified atom stereocenters. The lowest BCUT2D eigenvalue weighted by Gasteiger charge is -2.30. The van der Waals surface area contributed by atoms with Gasteiger partial charge in [-0.25, -0.2) is 4.79 Å². The lowest BCUT2D eigenvalue weighted by molar-refractivity contribution is -0.150. The van der Waals surface area contributed by atoms with Crippen LogP contribution < -0.4 is 0 Å². The lowest BCUT2D eigenvalue weighted by Crippen LogP contribution is -2.31. The smallest absolute Gasteiger partial charge is 0.332 e. The highest BCUT2D eigenvalue weighted by molar-refractivity contribution is 5.72. The zero-order chi connectivity index (χ0) is 14.2. The summed E-state index contributed by atoms with van der Waals surface area (Å²) in [6.07, 6.45) is 2.81. The molecular formula is C13H18N2O5. The van der Waals surface area contributed by atoms with Gasteiger partial charge in [-0.2, -0.15) is 4.98 Å². The molecule has 1 aromatic heterocycles. The second kappa shape index (κ2) is 5.14. The van der Waals surface area contributed by atoms with Gasteiger partial charge in [-0.05, 0) is 39.0 Å². The normalized spacial score (nSPS) is 34.2. The van der Waals surface area contributed by atoms with E-state index in [1.54, 1.807) is 0 Å². The van der Waals surface area contributed by atoms with Crippen LogP contribution in [0.5, 0.6) is 0 Å². The van der Waals surface area contributed by atoms with Crippen LogP contribution in [0, 0.1) is 0 Å². The number of aromatic nitrogens is 2. The van der Waals surface area contributed by atoms with Crippen molar-refractivity contribution in [2.24, 2.45) is 0 Å². The zero-order valence-electron chi connectivity index (χ0n) is 11.4. The molecule has 7 heteroatoms. The number of hydrogen-bond donors (Lipinski definition) is 1. The molecule has 20 heavy (non-hydrogen) atoms. The summed E-state index contributed by atoms with van der Waals surface area (Å²) in [5.41, 5.74) is -0.509. The van der Waals surface area contributed by atoms with Gasteiger partial charge in [-0.15, -0.1) is 0 Å². The Morgan fingerprint density at radius 2 is 2.25 bits per heavy atom. The van der Waals surface area contributed by atoms with E-state index in [0.717, 1.165) is 19.3 Å². The third kappa shape index (κ3) is 2.43. The quantitative estimate of drug-likeness (QED) is 0.902. The molecule has 0 spiro atoms. The van der Waals surface area contributed by atoms with Crippen molar-refractivity contribution in [2.45, 2.75) is 56.8 Å². The summed E-state index contributed by atoms with van der Waals surface area (Å²) >= 11 is 0. The average molecular weight is 282 g/mol. The van der Waals surface area contributed by atoms with E-state index in [4.69, 9.17) is 19.1 Å². The van der Waals surface area contributed by atoms with Crippen LogP contribution >= 0.6 is 0 Å². The summed E-state index contributed by atoms with van der Waals surface area (Å²) in [6.45, 7) is 2.65. The van der Waals surface area contributed by atoms with Crippen molar-refractivity contribution in [1.82, 2.24) is 10.1 Å². The monoisotopic (exact) mass is 282 g/mol. The molecular weight excluding hydrogens is 264 g/mol. The summed E-state index contributed by atoms with van der Waals surface area (Å²) in [6, 6.07) is 0. The Morgan fingerprint density at radius 3 is 2.90 bits per heavy atom. The Labute approximate surface area is 116 Å². The van der Waals surface area contributed by atoms with Crippen molar-refractivity contribution in [2.75, 3.05) is 6.61 Å². The summed E-state index contributed by atoms with van der Waals surface area (Å²) in [7, 11) is 0. The molecule has 2 fully saturated rings. The molecule has 0 radical (unpaired) electrons. The van der Waals surface area contributed by atoms with Crippen LogP contribution in [-0.4, -0.2) is 33.9 Å². The number of rotatable bonds is 3. The summed E-state index contributed by atoms with van der Waals surface area (Å²) in [4.78, 5) is 15.2. The van der Waals surface area contributed by atoms with Gasteiger partial charge in [0.15, 0.2) is 6.10 Å². The van der Waals surface area contributed by atoms with E-state index in [9.17, 15) is 4.79 Å². The Balaban J connectivity index is 1.72. The molecule has 3 heterocycles. The standard InChI is InChI=1S/C13H18N2O5/c1-13(6-2-3-7-18-13)12-14-10(20-15-12)8-4-5-9(19-8)11(16)17/h8-9H,2-7H2,1H3,(H,16,17). The summed E-state index contributed by atoms with van der Waals surface area (Å²) < 4.78 is 16.4. The van der Waals surface area contributed by atoms with Gasteiger partial charge >= 0.3 is 5.97 Å². The SMILES string of the molecule is CC1(c2noc(C3CCC(C(=O)O)O3)n2)CCCCO1. The Bertz CT molecular complexity index is 495. The summed E-state index contributed by atoms with van der Waals surface area (Å²) in [5.74, 6) is -0.0801. The molecule has 110 valence electrons. The highest BCUT2D eigenvalue weighted by Gasteiger charge is 2.38. The van der Waals surface area contributed by atoms with Crippen LogP contribution in [0.3, 0.4) is 0 Å². The van der Waals surface area contributed by atoms with E-state index in [1.807, 2.05) is 6.92 Å². The number of aliphatic carboxylic acids is 1. The molecule has 3 atom stereocenters. The van der Waals surface area contributed by atoms with Crippen molar-refractivity contribution in [3.63, 3.8) is 0 Å². The van der Waals surface area contributed by atoms with E-state index < -0.39 is 23.8 Å². The zero-order valence-corrected chi connectivity index (χ0v) is 11.4. The van der Waals surface area contributed by atoms with Crippen LogP contribution in [0.4, 0.5) is 0 Å². The molecule has 7 nitrogen and oxygen atoms in total. The molecule has 1 aromatic rings. The van der Waals surface area contributed by atoms with Crippen LogP contribution in [0.25, 0.3) is 0 Å². The minimum Gasteiger partial charge on any atom is -0.479 e. The van der Waals surface area contributed by atoms with Crippen molar-refractivity contribution >= 4 is 5.97 Å². The first-order valence-corrected chi connectivity index (χ1v) is 6.95. The van der Waals surface area contributed by atoms with E-state index >= 15 is 0 Å². The molecule has 2 aliphatic rings. The average Bonchev–Trinajstić information content (AvgIpc) is 3.09.